The number of hydrogen-bond acceptors (Lipinski definition) is 3. The third-order valence-corrected chi connectivity index (χ3v) is 11.8. The van der Waals surface area contributed by atoms with Crippen LogP contribution in [0.25, 0.3) is 0 Å². The number of halogens is 1. The molecule has 0 aliphatic heterocycles. The van der Waals surface area contributed by atoms with Gasteiger partial charge in [0.2, 0.25) is 0 Å². The van der Waals surface area contributed by atoms with E-state index in [1.807, 2.05) is 77.9 Å². The Balaban J connectivity index is 2.12. The van der Waals surface area contributed by atoms with E-state index in [0.29, 0.717) is 12.2 Å². The van der Waals surface area contributed by atoms with Gasteiger partial charge in [0.1, 0.15) is 12.2 Å². The van der Waals surface area contributed by atoms with E-state index in [9.17, 15) is 0 Å². The first-order valence-electron chi connectivity index (χ1n) is 13.0. The van der Waals surface area contributed by atoms with Crippen molar-refractivity contribution >= 4 is 18.7 Å². The Kier molecular flexibility index (Phi) is 8.41. The van der Waals surface area contributed by atoms with Gasteiger partial charge in [0.25, 0.3) is 8.32 Å². The average Bonchev–Trinajstić information content (AvgIpc) is 2.98. The number of ether oxygens (including phenoxy) is 2. The van der Waals surface area contributed by atoms with Gasteiger partial charge >= 0.3 is 0 Å². The molecule has 4 atom stereocenters. The topological polar surface area (TPSA) is 27.7 Å². The second kappa shape index (κ2) is 10.5. The first kappa shape index (κ1) is 28.8. The van der Waals surface area contributed by atoms with Crippen LogP contribution >= 0.6 is 0 Å². The zero-order valence-electron chi connectivity index (χ0n) is 23.6. The molecule has 0 bridgehead atoms. The van der Waals surface area contributed by atoms with E-state index in [1.54, 1.807) is 0 Å². The van der Waals surface area contributed by atoms with E-state index in [4.69, 9.17) is 13.9 Å². The van der Waals surface area contributed by atoms with Gasteiger partial charge < -0.3 is 13.9 Å². The summed E-state index contributed by atoms with van der Waals surface area (Å²) in [6.45, 7) is 23.2. The minimum absolute atomic E-state index is 0.268. The molecule has 3 rings (SSSR count). The lowest BCUT2D eigenvalue weighted by Crippen LogP contribution is -2.68. The van der Waals surface area contributed by atoms with Crippen LogP contribution in [0.2, 0.25) is 5.04 Å². The van der Waals surface area contributed by atoms with Crippen LogP contribution in [0.1, 0.15) is 62.3 Å². The summed E-state index contributed by atoms with van der Waals surface area (Å²) >= 11 is 0. The van der Waals surface area contributed by atoms with E-state index in [0.717, 1.165) is 10.4 Å². The van der Waals surface area contributed by atoms with Gasteiger partial charge in [-0.3, -0.25) is 0 Å². The minimum Gasteiger partial charge on any atom is -0.398 e. The van der Waals surface area contributed by atoms with Crippen molar-refractivity contribution < 1.29 is 18.3 Å². The maximum atomic E-state index is 16.5. The van der Waals surface area contributed by atoms with Gasteiger partial charge in [-0.25, -0.2) is 4.39 Å². The van der Waals surface area contributed by atoms with E-state index in [1.165, 1.54) is 0 Å². The third-order valence-electron chi connectivity index (χ3n) is 6.75. The van der Waals surface area contributed by atoms with Gasteiger partial charge in [0.15, 0.2) is 6.17 Å². The quantitative estimate of drug-likeness (QED) is 0.315. The molecule has 0 spiro atoms. The molecule has 0 unspecified atom stereocenters. The van der Waals surface area contributed by atoms with Crippen molar-refractivity contribution in [1.29, 1.82) is 0 Å². The zero-order chi connectivity index (χ0) is 26.9. The number of rotatable bonds is 7. The first-order valence-corrected chi connectivity index (χ1v) is 14.9. The molecule has 0 amide bonds. The molecule has 1 aliphatic carbocycles. The van der Waals surface area contributed by atoms with Crippen LogP contribution < -0.4 is 10.4 Å². The highest BCUT2D eigenvalue weighted by Gasteiger charge is 2.57. The Morgan fingerprint density at radius 2 is 1.25 bits per heavy atom. The van der Waals surface area contributed by atoms with Crippen molar-refractivity contribution in [2.45, 2.75) is 96.9 Å². The van der Waals surface area contributed by atoms with Crippen molar-refractivity contribution in [2.24, 2.45) is 5.92 Å². The molecule has 198 valence electrons. The molecule has 0 aromatic heterocycles. The first-order chi connectivity index (χ1) is 16.6. The molecule has 1 aliphatic rings. The van der Waals surface area contributed by atoms with E-state index in [-0.39, 0.29) is 16.6 Å². The van der Waals surface area contributed by atoms with Crippen LogP contribution in [0.5, 0.6) is 0 Å². The summed E-state index contributed by atoms with van der Waals surface area (Å²) in [6.07, 6.45) is -2.84. The molecule has 0 N–H and O–H groups in total. The van der Waals surface area contributed by atoms with Crippen molar-refractivity contribution in [1.82, 2.24) is 0 Å². The summed E-state index contributed by atoms with van der Waals surface area (Å²) in [5, 5.41) is 1.97. The molecule has 5 heteroatoms. The summed E-state index contributed by atoms with van der Waals surface area (Å²) in [6, 6.07) is 20.7. The molecular weight excluding hydrogens is 467 g/mol. The van der Waals surface area contributed by atoms with Crippen LogP contribution in [0.4, 0.5) is 4.39 Å². The summed E-state index contributed by atoms with van der Waals surface area (Å²) < 4.78 is 36.2. The van der Waals surface area contributed by atoms with Gasteiger partial charge in [0.05, 0.1) is 17.8 Å². The van der Waals surface area contributed by atoms with E-state index in [2.05, 4.69) is 51.6 Å². The van der Waals surface area contributed by atoms with Crippen molar-refractivity contribution in [3.63, 3.8) is 0 Å². The third kappa shape index (κ3) is 6.19. The molecule has 3 nitrogen and oxygen atoms in total. The summed E-state index contributed by atoms with van der Waals surface area (Å²) in [5.41, 5.74) is -0.148. The van der Waals surface area contributed by atoms with E-state index < -0.39 is 32.3 Å². The smallest absolute Gasteiger partial charge is 0.262 e. The van der Waals surface area contributed by atoms with Crippen LogP contribution in [-0.2, 0) is 13.9 Å². The average molecular weight is 513 g/mol. The minimum atomic E-state index is -2.97. The molecule has 0 saturated heterocycles. The summed E-state index contributed by atoms with van der Waals surface area (Å²) in [4.78, 5) is 0. The standard InChI is InChI=1S/C31H45FO3Si/c1-22-25(21-33-29(2,3)4)28(34-30(5,6)7)26(32)27(22)35-36(31(8,9)10,23-17-13-11-14-18-23)24-19-15-12-16-20-24/h11-20,25-28H,1,21H2,2-10H3/t25-,26+,27-,28+/m0/s1. The fraction of sp³-hybridized carbons (Fsp3) is 0.548. The lowest BCUT2D eigenvalue weighted by atomic mass is 10.0. The van der Waals surface area contributed by atoms with Crippen molar-refractivity contribution in [3.8, 4) is 0 Å². The van der Waals surface area contributed by atoms with Gasteiger partial charge in [0, 0.05) is 5.92 Å². The fourth-order valence-electron chi connectivity index (χ4n) is 5.14. The predicted octanol–water partition coefficient (Wildman–Crippen LogP) is 6.45. The Bertz CT molecular complexity index is 963. The number of benzene rings is 2. The fourth-order valence-corrected chi connectivity index (χ4v) is 9.82. The van der Waals surface area contributed by atoms with Gasteiger partial charge in [-0.1, -0.05) is 88.0 Å². The lowest BCUT2D eigenvalue weighted by Gasteiger charge is -2.45. The molecule has 1 saturated carbocycles. The highest BCUT2D eigenvalue weighted by atomic mass is 28.4. The van der Waals surface area contributed by atoms with Crippen molar-refractivity contribution in [3.05, 3.63) is 72.8 Å². The SMILES string of the molecule is C=C1[C@H](COC(C)(C)C)[C@@H](OC(C)(C)C)[C@H](F)[C@H]1O[Si](c1ccccc1)(c1ccccc1)C(C)(C)C. The highest BCUT2D eigenvalue weighted by Crippen LogP contribution is 2.45. The Morgan fingerprint density at radius 1 is 0.778 bits per heavy atom. The van der Waals surface area contributed by atoms with Crippen molar-refractivity contribution in [2.75, 3.05) is 6.61 Å². The molecule has 2 aromatic carbocycles. The maximum absolute atomic E-state index is 16.5. The van der Waals surface area contributed by atoms with Crippen LogP contribution in [0, 0.1) is 5.92 Å². The van der Waals surface area contributed by atoms with Crippen LogP contribution in [0.3, 0.4) is 0 Å². The molecule has 2 aromatic rings. The largest absolute Gasteiger partial charge is 0.398 e. The monoisotopic (exact) mass is 512 g/mol. The summed E-state index contributed by atoms with van der Waals surface area (Å²) in [7, 11) is -2.97. The van der Waals surface area contributed by atoms with Gasteiger partial charge in [-0.05, 0) is 62.5 Å². The summed E-state index contributed by atoms with van der Waals surface area (Å²) in [5.74, 6) is -0.304. The molecule has 36 heavy (non-hydrogen) atoms. The highest BCUT2D eigenvalue weighted by molar-refractivity contribution is 6.99. The normalized spacial score (nSPS) is 23.8. The molecule has 1 fully saturated rings. The van der Waals surface area contributed by atoms with Gasteiger partial charge in [-0.15, -0.1) is 0 Å². The van der Waals surface area contributed by atoms with E-state index >= 15 is 4.39 Å². The Morgan fingerprint density at radius 3 is 1.64 bits per heavy atom. The number of alkyl halides is 1. The lowest BCUT2D eigenvalue weighted by molar-refractivity contribution is -0.121. The van der Waals surface area contributed by atoms with Gasteiger partial charge in [-0.2, -0.15) is 0 Å². The molecule has 0 heterocycles. The molecular formula is C31H45FO3Si. The Hall–Kier alpha value is -1.79. The zero-order valence-corrected chi connectivity index (χ0v) is 24.6. The maximum Gasteiger partial charge on any atom is 0.262 e. The Labute approximate surface area is 219 Å². The second-order valence-corrected chi connectivity index (χ2v) is 17.2. The second-order valence-electron chi connectivity index (χ2n) is 12.9. The van der Waals surface area contributed by atoms with Crippen LogP contribution in [-0.4, -0.2) is 44.5 Å². The molecule has 0 radical (unpaired) electrons. The van der Waals surface area contributed by atoms with Crippen LogP contribution in [0.15, 0.2) is 72.8 Å². The number of hydrogen-bond donors (Lipinski definition) is 0. The predicted molar refractivity (Wildman–Crippen MR) is 150 cm³/mol.